The normalized spacial score (nSPS) is 12.2. The molecule has 3 aromatic rings. The number of aromatic nitrogens is 4. The molecule has 152 valence electrons. The quantitative estimate of drug-likeness (QED) is 0.566. The van der Waals surface area contributed by atoms with Crippen LogP contribution < -0.4 is 5.32 Å². The van der Waals surface area contributed by atoms with Gasteiger partial charge in [-0.1, -0.05) is 75.0 Å². The lowest BCUT2D eigenvalue weighted by molar-refractivity contribution is -0.119. The lowest BCUT2D eigenvalue weighted by atomic mass is 9.95. The Bertz CT molecular complexity index is 952. The Hall–Kier alpha value is -2.67. The smallest absolute Gasteiger partial charge is 0.230 e. The Morgan fingerprint density at radius 2 is 1.86 bits per heavy atom. The van der Waals surface area contributed by atoms with E-state index in [1.807, 2.05) is 31.2 Å². The van der Waals surface area contributed by atoms with Crippen LogP contribution in [0.25, 0.3) is 5.69 Å². The van der Waals surface area contributed by atoms with Gasteiger partial charge in [0.05, 0.1) is 17.5 Å². The third-order valence-electron chi connectivity index (χ3n) is 4.85. The zero-order valence-corrected chi connectivity index (χ0v) is 18.1. The van der Waals surface area contributed by atoms with E-state index in [1.54, 1.807) is 4.68 Å². The standard InChI is InChI=1S/C22H27N5OS/c1-5-17-10-12-18(13-11-17)21(15(2)3)23-20(28)14-29-22-24-25-26-27(22)19-9-7-6-8-16(19)4/h6-13,15,21H,5,14H2,1-4H3,(H,23,28)/t21-/m0/s1. The summed E-state index contributed by atoms with van der Waals surface area (Å²) >= 11 is 1.34. The average Bonchev–Trinajstić information content (AvgIpc) is 3.19. The van der Waals surface area contributed by atoms with Crippen molar-refractivity contribution in [1.29, 1.82) is 0 Å². The number of nitrogens with zero attached hydrogens (tertiary/aromatic N) is 4. The second kappa shape index (κ2) is 9.69. The number of aryl methyl sites for hydroxylation is 2. The van der Waals surface area contributed by atoms with Crippen LogP contribution in [0.4, 0.5) is 0 Å². The predicted octanol–water partition coefficient (Wildman–Crippen LogP) is 4.14. The first-order chi connectivity index (χ1) is 14.0. The summed E-state index contributed by atoms with van der Waals surface area (Å²) in [6.07, 6.45) is 1.01. The summed E-state index contributed by atoms with van der Waals surface area (Å²) in [5.41, 5.74) is 4.40. The van der Waals surface area contributed by atoms with Gasteiger partial charge in [-0.3, -0.25) is 4.79 Å². The van der Waals surface area contributed by atoms with Crippen LogP contribution in [0.2, 0.25) is 0 Å². The second-order valence-electron chi connectivity index (χ2n) is 7.33. The van der Waals surface area contributed by atoms with Crippen molar-refractivity contribution >= 4 is 17.7 Å². The molecule has 0 bridgehead atoms. The first-order valence-corrected chi connectivity index (χ1v) is 10.8. The number of carbonyl (C=O) groups excluding carboxylic acids is 1. The Balaban J connectivity index is 1.66. The first-order valence-electron chi connectivity index (χ1n) is 9.85. The van der Waals surface area contributed by atoms with E-state index in [1.165, 1.54) is 17.3 Å². The van der Waals surface area contributed by atoms with Crippen molar-refractivity contribution in [1.82, 2.24) is 25.5 Å². The van der Waals surface area contributed by atoms with Gasteiger partial charge in [0, 0.05) is 0 Å². The number of para-hydroxylation sites is 1. The van der Waals surface area contributed by atoms with Crippen LogP contribution in [0.15, 0.2) is 53.7 Å². The highest BCUT2D eigenvalue weighted by molar-refractivity contribution is 7.99. The fourth-order valence-electron chi connectivity index (χ4n) is 3.16. The lowest BCUT2D eigenvalue weighted by Gasteiger charge is -2.23. The lowest BCUT2D eigenvalue weighted by Crippen LogP contribution is -2.33. The van der Waals surface area contributed by atoms with Gasteiger partial charge in [-0.2, -0.15) is 4.68 Å². The number of carbonyl (C=O) groups is 1. The molecule has 0 aliphatic heterocycles. The minimum Gasteiger partial charge on any atom is -0.348 e. The van der Waals surface area contributed by atoms with Crippen molar-refractivity contribution < 1.29 is 4.79 Å². The summed E-state index contributed by atoms with van der Waals surface area (Å²) in [6.45, 7) is 8.38. The number of hydrogen-bond donors (Lipinski definition) is 1. The maximum atomic E-state index is 12.7. The maximum absolute atomic E-state index is 12.7. The van der Waals surface area contributed by atoms with Gasteiger partial charge in [-0.25, -0.2) is 0 Å². The highest BCUT2D eigenvalue weighted by atomic mass is 32.2. The van der Waals surface area contributed by atoms with Crippen molar-refractivity contribution in [2.24, 2.45) is 5.92 Å². The van der Waals surface area contributed by atoms with Crippen molar-refractivity contribution in [2.45, 2.75) is 45.3 Å². The van der Waals surface area contributed by atoms with Crippen molar-refractivity contribution in [3.05, 3.63) is 65.2 Å². The molecule has 0 aliphatic carbocycles. The highest BCUT2D eigenvalue weighted by Gasteiger charge is 2.19. The largest absolute Gasteiger partial charge is 0.348 e. The molecule has 0 unspecified atom stereocenters. The topological polar surface area (TPSA) is 72.7 Å². The van der Waals surface area contributed by atoms with Gasteiger partial charge in [0.2, 0.25) is 11.1 Å². The number of amides is 1. The molecule has 3 rings (SSSR count). The Morgan fingerprint density at radius 1 is 1.14 bits per heavy atom. The highest BCUT2D eigenvalue weighted by Crippen LogP contribution is 2.24. The van der Waals surface area contributed by atoms with Gasteiger partial charge < -0.3 is 5.32 Å². The van der Waals surface area contributed by atoms with Crippen molar-refractivity contribution in [3.8, 4) is 5.69 Å². The zero-order valence-electron chi connectivity index (χ0n) is 17.3. The molecule has 1 N–H and O–H groups in total. The second-order valence-corrected chi connectivity index (χ2v) is 8.28. The van der Waals surface area contributed by atoms with E-state index >= 15 is 0 Å². The Kier molecular flexibility index (Phi) is 7.04. The average molecular weight is 410 g/mol. The van der Waals surface area contributed by atoms with Crippen LogP contribution >= 0.6 is 11.8 Å². The van der Waals surface area contributed by atoms with E-state index in [4.69, 9.17) is 0 Å². The van der Waals surface area contributed by atoms with Crippen LogP contribution in [0.3, 0.4) is 0 Å². The molecule has 0 aliphatic rings. The van der Waals surface area contributed by atoms with E-state index in [0.717, 1.165) is 23.2 Å². The summed E-state index contributed by atoms with van der Waals surface area (Å²) in [5, 5.41) is 15.7. The fourth-order valence-corrected chi connectivity index (χ4v) is 3.86. The van der Waals surface area contributed by atoms with Crippen LogP contribution in [0.5, 0.6) is 0 Å². The molecule has 1 amide bonds. The number of benzene rings is 2. The SMILES string of the molecule is CCc1ccc([C@@H](NC(=O)CSc2nnnn2-c2ccccc2C)C(C)C)cc1. The molecule has 1 heterocycles. The summed E-state index contributed by atoms with van der Waals surface area (Å²) in [6, 6.07) is 16.3. The van der Waals surface area contributed by atoms with Crippen molar-refractivity contribution in [2.75, 3.05) is 5.75 Å². The van der Waals surface area contributed by atoms with E-state index in [9.17, 15) is 4.79 Å². The summed E-state index contributed by atoms with van der Waals surface area (Å²) in [5.74, 6) is 0.504. The maximum Gasteiger partial charge on any atom is 0.230 e. The summed E-state index contributed by atoms with van der Waals surface area (Å²) in [4.78, 5) is 12.7. The van der Waals surface area contributed by atoms with E-state index < -0.39 is 0 Å². The number of tetrazole rings is 1. The van der Waals surface area contributed by atoms with Crippen LogP contribution in [0, 0.1) is 12.8 Å². The van der Waals surface area contributed by atoms with E-state index in [-0.39, 0.29) is 23.6 Å². The molecule has 0 radical (unpaired) electrons. The molecule has 6 nitrogen and oxygen atoms in total. The monoisotopic (exact) mass is 409 g/mol. The number of hydrogen-bond acceptors (Lipinski definition) is 5. The van der Waals surface area contributed by atoms with Gasteiger partial charge in [0.25, 0.3) is 0 Å². The third kappa shape index (κ3) is 5.23. The molecule has 1 atom stereocenters. The molecule has 0 saturated carbocycles. The minimum atomic E-state index is -0.0346. The molecule has 0 spiro atoms. The van der Waals surface area contributed by atoms with E-state index in [2.05, 4.69) is 65.9 Å². The van der Waals surface area contributed by atoms with E-state index in [0.29, 0.717) is 5.16 Å². The van der Waals surface area contributed by atoms with Gasteiger partial charge in [0.15, 0.2) is 0 Å². The Labute approximate surface area is 176 Å². The van der Waals surface area contributed by atoms with Gasteiger partial charge in [0.1, 0.15) is 0 Å². The molecule has 2 aromatic carbocycles. The van der Waals surface area contributed by atoms with Gasteiger partial charge >= 0.3 is 0 Å². The molecule has 1 aromatic heterocycles. The van der Waals surface area contributed by atoms with Crippen LogP contribution in [-0.4, -0.2) is 31.9 Å². The molecule has 29 heavy (non-hydrogen) atoms. The molecule has 7 heteroatoms. The first kappa shape index (κ1) is 21.0. The summed E-state index contributed by atoms with van der Waals surface area (Å²) < 4.78 is 1.68. The van der Waals surface area contributed by atoms with Gasteiger partial charge in [-0.05, 0) is 52.4 Å². The van der Waals surface area contributed by atoms with Crippen molar-refractivity contribution in [3.63, 3.8) is 0 Å². The predicted molar refractivity (Wildman–Crippen MR) is 116 cm³/mol. The van der Waals surface area contributed by atoms with Crippen LogP contribution in [-0.2, 0) is 11.2 Å². The molecule has 0 fully saturated rings. The Morgan fingerprint density at radius 3 is 2.52 bits per heavy atom. The fraction of sp³-hybridized carbons (Fsp3) is 0.364. The molecular weight excluding hydrogens is 382 g/mol. The molecular formula is C22H27N5OS. The number of rotatable bonds is 8. The number of nitrogens with one attached hydrogen (secondary N) is 1. The number of thioether (sulfide) groups is 1. The van der Waals surface area contributed by atoms with Gasteiger partial charge in [-0.15, -0.1) is 5.10 Å². The molecule has 0 saturated heterocycles. The third-order valence-corrected chi connectivity index (χ3v) is 5.77. The minimum absolute atomic E-state index is 0.0265. The van der Waals surface area contributed by atoms with Crippen LogP contribution in [0.1, 0.15) is 43.5 Å². The summed E-state index contributed by atoms with van der Waals surface area (Å²) in [7, 11) is 0. The zero-order chi connectivity index (χ0) is 20.8.